The Kier molecular flexibility index (Phi) is 9.91. The predicted molar refractivity (Wildman–Crippen MR) is 151 cm³/mol. The fourth-order valence-corrected chi connectivity index (χ4v) is 4.89. The van der Waals surface area contributed by atoms with E-state index in [-0.39, 0.29) is 13.2 Å². The number of rotatable bonds is 12. The van der Waals surface area contributed by atoms with Crippen molar-refractivity contribution in [3.63, 3.8) is 0 Å². The van der Waals surface area contributed by atoms with Crippen molar-refractivity contribution in [1.29, 1.82) is 0 Å². The smallest absolute Gasteiger partial charge is 0.225 e. The molecule has 5 rings (SSSR count). The minimum absolute atomic E-state index is 0.213. The van der Waals surface area contributed by atoms with E-state index in [1.54, 1.807) is 24.8 Å². The van der Waals surface area contributed by atoms with Gasteiger partial charge in [0.05, 0.1) is 0 Å². The highest BCUT2D eigenvalue weighted by molar-refractivity contribution is 5.32. The summed E-state index contributed by atoms with van der Waals surface area (Å²) in [4.78, 5) is 26.0. The Hall–Kier alpha value is -3.58. The molecule has 12 nitrogen and oxygen atoms in total. The first kappa shape index (κ1) is 28.0. The molecule has 0 radical (unpaired) electrons. The van der Waals surface area contributed by atoms with Gasteiger partial charge in [0.1, 0.15) is 36.9 Å². The van der Waals surface area contributed by atoms with Crippen molar-refractivity contribution in [3.05, 3.63) is 61.2 Å². The number of hydrogen-bond acceptors (Lipinski definition) is 12. The minimum atomic E-state index is -0.590. The molecule has 214 valence electrons. The topological polar surface area (TPSA) is 123 Å². The van der Waals surface area contributed by atoms with E-state index in [9.17, 15) is 10.2 Å². The quantitative estimate of drug-likeness (QED) is 0.324. The van der Waals surface area contributed by atoms with E-state index >= 15 is 0 Å². The zero-order valence-electron chi connectivity index (χ0n) is 22.7. The van der Waals surface area contributed by atoms with E-state index in [0.29, 0.717) is 24.6 Å². The second kappa shape index (κ2) is 14.2. The van der Waals surface area contributed by atoms with Gasteiger partial charge >= 0.3 is 0 Å². The largest absolute Gasteiger partial charge is 0.491 e. The number of anilines is 2. The molecule has 2 N–H and O–H groups in total. The molecule has 0 spiro atoms. The summed E-state index contributed by atoms with van der Waals surface area (Å²) in [5.74, 6) is 2.83. The van der Waals surface area contributed by atoms with Crippen LogP contribution in [0.15, 0.2) is 61.2 Å². The van der Waals surface area contributed by atoms with Crippen LogP contribution in [-0.4, -0.2) is 131 Å². The fraction of sp³-hybridized carbons (Fsp3) is 0.500. The molecule has 12 heteroatoms. The number of aromatic nitrogens is 4. The molecule has 40 heavy (non-hydrogen) atoms. The number of aliphatic hydroxyl groups excluding tert-OH is 2. The summed E-state index contributed by atoms with van der Waals surface area (Å²) in [5.41, 5.74) is 0. The van der Waals surface area contributed by atoms with Crippen LogP contribution in [0.1, 0.15) is 0 Å². The maximum Gasteiger partial charge on any atom is 0.225 e. The molecule has 2 saturated heterocycles. The molecule has 1 aromatic carbocycles. The van der Waals surface area contributed by atoms with Crippen molar-refractivity contribution >= 4 is 11.9 Å². The van der Waals surface area contributed by atoms with E-state index in [1.165, 1.54) is 0 Å². The van der Waals surface area contributed by atoms with E-state index in [1.807, 2.05) is 36.4 Å². The van der Waals surface area contributed by atoms with Crippen molar-refractivity contribution in [2.45, 2.75) is 12.2 Å². The Morgan fingerprint density at radius 3 is 1.27 bits per heavy atom. The standard InChI is InChI=1S/C28H38N8O4/c37-23(19-33-11-15-35(16-12-33)27-29-7-1-8-30-27)21-39-25-3-5-26(6-4-25)40-22-24(38)20-34-13-17-36(18-14-34)28-31-9-2-10-32-28/h1-10,23-24,37-38H,11-22H2. The molecule has 4 heterocycles. The van der Waals surface area contributed by atoms with E-state index in [0.717, 1.165) is 64.3 Å². The Bertz CT molecular complexity index is 1040. The first-order valence-corrected chi connectivity index (χ1v) is 13.8. The van der Waals surface area contributed by atoms with Crippen LogP contribution in [0.25, 0.3) is 0 Å². The summed E-state index contributed by atoms with van der Waals surface area (Å²) in [7, 11) is 0. The number of piperazine rings is 2. The lowest BCUT2D eigenvalue weighted by Gasteiger charge is -2.35. The van der Waals surface area contributed by atoms with Crippen molar-refractivity contribution in [2.24, 2.45) is 0 Å². The summed E-state index contributed by atoms with van der Waals surface area (Å²) >= 11 is 0. The average molecular weight is 551 g/mol. The van der Waals surface area contributed by atoms with E-state index < -0.39 is 12.2 Å². The average Bonchev–Trinajstić information content (AvgIpc) is 3.01. The SMILES string of the molecule is OC(COc1ccc(OCC(O)CN2CCN(c3ncccn3)CC2)cc1)CN1CCN(c2ncccn2)CC1. The summed E-state index contributed by atoms with van der Waals surface area (Å²) in [5, 5.41) is 21.0. The Labute approximate surface area is 234 Å². The molecule has 2 aromatic heterocycles. The lowest BCUT2D eigenvalue weighted by atomic mass is 10.2. The normalized spacial score (nSPS) is 18.4. The predicted octanol–water partition coefficient (Wildman–Crippen LogP) is 0.390. The Morgan fingerprint density at radius 2 is 0.925 bits per heavy atom. The molecule has 2 aliphatic rings. The monoisotopic (exact) mass is 550 g/mol. The number of β-amino-alcohol motifs (C(OH)–C–C–N with tert-alkyl or cyclic N) is 2. The van der Waals surface area contributed by atoms with Crippen molar-refractivity contribution < 1.29 is 19.7 Å². The third-order valence-electron chi connectivity index (χ3n) is 7.06. The summed E-state index contributed by atoms with van der Waals surface area (Å²) in [6.45, 7) is 8.20. The van der Waals surface area contributed by atoms with Crippen LogP contribution in [0.2, 0.25) is 0 Å². The number of nitrogens with zero attached hydrogens (tertiary/aromatic N) is 8. The first-order valence-electron chi connectivity index (χ1n) is 13.8. The summed E-state index contributed by atoms with van der Waals surface area (Å²) in [6, 6.07) is 10.9. The third kappa shape index (κ3) is 8.21. The molecular weight excluding hydrogens is 512 g/mol. The molecular formula is C28H38N8O4. The molecule has 0 aliphatic carbocycles. The molecule has 2 unspecified atom stereocenters. The number of ether oxygens (including phenoxy) is 2. The molecule has 0 amide bonds. The van der Waals surface area contributed by atoms with Crippen LogP contribution < -0.4 is 19.3 Å². The Morgan fingerprint density at radius 1 is 0.575 bits per heavy atom. The molecule has 2 atom stereocenters. The zero-order valence-corrected chi connectivity index (χ0v) is 22.7. The maximum absolute atomic E-state index is 10.5. The summed E-state index contributed by atoms with van der Waals surface area (Å²) < 4.78 is 11.6. The highest BCUT2D eigenvalue weighted by Crippen LogP contribution is 2.19. The van der Waals surface area contributed by atoms with Gasteiger partial charge in [0.25, 0.3) is 0 Å². The maximum atomic E-state index is 10.5. The molecule has 3 aromatic rings. The van der Waals surface area contributed by atoms with Gasteiger partial charge in [-0.2, -0.15) is 0 Å². The van der Waals surface area contributed by atoms with E-state index in [2.05, 4.69) is 39.5 Å². The van der Waals surface area contributed by atoms with Crippen molar-refractivity contribution in [3.8, 4) is 11.5 Å². The highest BCUT2D eigenvalue weighted by Gasteiger charge is 2.22. The lowest BCUT2D eigenvalue weighted by Crippen LogP contribution is -2.49. The van der Waals surface area contributed by atoms with Crippen LogP contribution in [-0.2, 0) is 0 Å². The van der Waals surface area contributed by atoms with Gasteiger partial charge in [0.15, 0.2) is 0 Å². The summed E-state index contributed by atoms with van der Waals surface area (Å²) in [6.07, 6.45) is 5.84. The fourth-order valence-electron chi connectivity index (χ4n) is 4.89. The van der Waals surface area contributed by atoms with Crippen LogP contribution in [0.4, 0.5) is 11.9 Å². The first-order chi connectivity index (χ1) is 19.6. The van der Waals surface area contributed by atoms with Gasteiger partial charge in [-0.15, -0.1) is 0 Å². The minimum Gasteiger partial charge on any atom is -0.491 e. The van der Waals surface area contributed by atoms with Gasteiger partial charge in [-0.3, -0.25) is 9.80 Å². The van der Waals surface area contributed by atoms with Crippen LogP contribution in [0.3, 0.4) is 0 Å². The molecule has 2 fully saturated rings. The zero-order chi connectivity index (χ0) is 27.6. The van der Waals surface area contributed by atoms with Crippen LogP contribution in [0, 0.1) is 0 Å². The molecule has 0 bridgehead atoms. The number of hydrogen-bond donors (Lipinski definition) is 2. The van der Waals surface area contributed by atoms with Gasteiger partial charge < -0.3 is 29.5 Å². The van der Waals surface area contributed by atoms with Gasteiger partial charge in [-0.1, -0.05) is 0 Å². The van der Waals surface area contributed by atoms with E-state index in [4.69, 9.17) is 9.47 Å². The van der Waals surface area contributed by atoms with Crippen LogP contribution in [0.5, 0.6) is 11.5 Å². The molecule has 0 saturated carbocycles. The third-order valence-corrected chi connectivity index (χ3v) is 7.06. The molecule has 2 aliphatic heterocycles. The lowest BCUT2D eigenvalue weighted by molar-refractivity contribution is 0.0649. The number of benzene rings is 1. The highest BCUT2D eigenvalue weighted by atomic mass is 16.5. The number of aliphatic hydroxyl groups is 2. The van der Waals surface area contributed by atoms with Crippen LogP contribution >= 0.6 is 0 Å². The second-order valence-electron chi connectivity index (χ2n) is 10.1. The van der Waals surface area contributed by atoms with Gasteiger partial charge in [0, 0.05) is 90.2 Å². The Balaban J connectivity index is 0.952. The van der Waals surface area contributed by atoms with Gasteiger partial charge in [-0.25, -0.2) is 19.9 Å². The van der Waals surface area contributed by atoms with Crippen molar-refractivity contribution in [1.82, 2.24) is 29.7 Å². The second-order valence-corrected chi connectivity index (χ2v) is 10.1. The van der Waals surface area contributed by atoms with Crippen molar-refractivity contribution in [2.75, 3.05) is 88.5 Å². The van der Waals surface area contributed by atoms with Gasteiger partial charge in [0.2, 0.25) is 11.9 Å². The van der Waals surface area contributed by atoms with Gasteiger partial charge in [-0.05, 0) is 36.4 Å².